The van der Waals surface area contributed by atoms with Crippen molar-refractivity contribution in [2.75, 3.05) is 0 Å². The Morgan fingerprint density at radius 1 is 1.06 bits per heavy atom. The molecule has 3 aliphatic rings. The van der Waals surface area contributed by atoms with E-state index in [1.165, 1.54) is 19.1 Å². The van der Waals surface area contributed by atoms with Gasteiger partial charge in [-0.15, -0.1) is 0 Å². The molecule has 2 aliphatic carbocycles. The number of carbonyl (C=O) groups excluding carboxylic acids is 2. The lowest BCUT2D eigenvalue weighted by atomic mass is 9.68. The minimum atomic E-state index is -0.529. The van der Waals surface area contributed by atoms with Crippen molar-refractivity contribution in [3.05, 3.63) is 92.2 Å². The minimum absolute atomic E-state index is 0.00182. The fraction of sp³-hybridized carbons (Fsp3) is 0.269. The van der Waals surface area contributed by atoms with Crippen molar-refractivity contribution in [2.24, 2.45) is 10.4 Å². The van der Waals surface area contributed by atoms with Crippen LogP contribution in [0.2, 0.25) is 0 Å². The van der Waals surface area contributed by atoms with E-state index in [0.29, 0.717) is 35.5 Å². The van der Waals surface area contributed by atoms with E-state index in [4.69, 9.17) is 9.73 Å². The number of rotatable bonds is 3. The van der Waals surface area contributed by atoms with Crippen LogP contribution in [0, 0.1) is 15.5 Å². The van der Waals surface area contributed by atoms with E-state index in [9.17, 15) is 19.7 Å². The average Bonchev–Trinajstić information content (AvgIpc) is 3.04. The first-order valence-corrected chi connectivity index (χ1v) is 10.8. The van der Waals surface area contributed by atoms with Crippen molar-refractivity contribution in [1.29, 1.82) is 0 Å². The van der Waals surface area contributed by atoms with E-state index in [-0.39, 0.29) is 16.9 Å². The topological polar surface area (TPSA) is 98.9 Å². The summed E-state index contributed by atoms with van der Waals surface area (Å²) in [4.78, 5) is 41.2. The normalized spacial score (nSPS) is 20.6. The predicted molar refractivity (Wildman–Crippen MR) is 123 cm³/mol. The van der Waals surface area contributed by atoms with Gasteiger partial charge in [-0.25, -0.2) is 0 Å². The van der Waals surface area contributed by atoms with Crippen molar-refractivity contribution < 1.29 is 19.2 Å². The zero-order chi connectivity index (χ0) is 23.5. The number of Topliss-reactive ketones (excluding diaryl/α,β-unsaturated/α-hetero) is 1. The fourth-order valence-electron chi connectivity index (χ4n) is 5.06. The number of nitro benzene ring substituents is 1. The summed E-state index contributed by atoms with van der Waals surface area (Å²) in [5, 5.41) is 11.2. The monoisotopic (exact) mass is 442 g/mol. The zero-order valence-electron chi connectivity index (χ0n) is 18.5. The Labute approximate surface area is 190 Å². The van der Waals surface area contributed by atoms with Gasteiger partial charge in [0.05, 0.1) is 10.6 Å². The van der Waals surface area contributed by atoms with Crippen molar-refractivity contribution in [1.82, 2.24) is 0 Å². The van der Waals surface area contributed by atoms with Crippen LogP contribution in [0.15, 0.2) is 70.4 Å². The molecule has 0 saturated heterocycles. The van der Waals surface area contributed by atoms with Crippen LogP contribution in [0.5, 0.6) is 0 Å². The van der Waals surface area contributed by atoms with Gasteiger partial charge in [-0.2, -0.15) is 0 Å². The number of carbonyl (C=O) groups is 2. The second kappa shape index (κ2) is 7.33. The Balaban J connectivity index is 1.79. The first kappa shape index (κ1) is 21.0. The summed E-state index contributed by atoms with van der Waals surface area (Å²) in [6, 6.07) is 13.8. The van der Waals surface area contributed by atoms with Gasteiger partial charge in [0.15, 0.2) is 5.78 Å². The highest BCUT2D eigenvalue weighted by Gasteiger charge is 2.46. The smallest absolute Gasteiger partial charge is 0.308 e. The van der Waals surface area contributed by atoms with E-state index >= 15 is 0 Å². The van der Waals surface area contributed by atoms with Gasteiger partial charge in [-0.05, 0) is 17.4 Å². The van der Waals surface area contributed by atoms with Crippen LogP contribution >= 0.6 is 0 Å². The molecule has 0 fully saturated rings. The number of hydrogen-bond acceptors (Lipinski definition) is 6. The molecular weight excluding hydrogens is 420 g/mol. The Bertz CT molecular complexity index is 1330. The van der Waals surface area contributed by atoms with E-state index < -0.39 is 16.8 Å². The molecule has 0 spiro atoms. The van der Waals surface area contributed by atoms with Gasteiger partial charge in [0.25, 0.3) is 5.69 Å². The molecule has 2 aromatic rings. The molecule has 0 aromatic heterocycles. The van der Waals surface area contributed by atoms with E-state index in [1.54, 1.807) is 12.1 Å². The number of nitrogens with zero attached hydrogens (tertiary/aromatic N) is 2. The Morgan fingerprint density at radius 2 is 1.73 bits per heavy atom. The number of ether oxygens (including phenoxy) is 1. The molecule has 1 atom stereocenters. The average molecular weight is 442 g/mol. The standard InChI is InChI=1S/C26H22N2O5/c1-14(29)33-25-18-7-5-4-6-17(18)24-23(25)21(15-8-10-16(11-9-15)28(31)32)22-19(27-24)12-26(2,3)13-20(22)30/h4-11,21H,12-13H2,1-3H3/t21-/m1/s1. The molecule has 1 aliphatic heterocycles. The third-order valence-corrected chi connectivity index (χ3v) is 6.33. The maximum absolute atomic E-state index is 13.4. The Hall–Kier alpha value is -3.87. The van der Waals surface area contributed by atoms with Crippen LogP contribution < -0.4 is 0 Å². The summed E-state index contributed by atoms with van der Waals surface area (Å²) in [6.45, 7) is 5.44. The summed E-state index contributed by atoms with van der Waals surface area (Å²) in [5.74, 6) is -0.604. The molecule has 7 nitrogen and oxygen atoms in total. The summed E-state index contributed by atoms with van der Waals surface area (Å²) in [6.07, 6.45) is 1.02. The number of benzene rings is 2. The molecule has 0 bridgehead atoms. The second-order valence-corrected chi connectivity index (χ2v) is 9.43. The Morgan fingerprint density at radius 3 is 2.36 bits per heavy atom. The first-order valence-electron chi connectivity index (χ1n) is 10.8. The number of non-ortho nitro benzene ring substituents is 1. The summed E-state index contributed by atoms with van der Waals surface area (Å²) >= 11 is 0. The number of nitro groups is 1. The quantitative estimate of drug-likeness (QED) is 0.374. The maximum Gasteiger partial charge on any atom is 0.308 e. The first-order chi connectivity index (χ1) is 15.7. The number of aliphatic imine (C=N–C) groups is 1. The van der Waals surface area contributed by atoms with Crippen LogP contribution in [0.25, 0.3) is 5.76 Å². The molecular formula is C26H22N2O5. The molecule has 1 heterocycles. The van der Waals surface area contributed by atoms with Gasteiger partial charge in [0, 0.05) is 59.4 Å². The third-order valence-electron chi connectivity index (χ3n) is 6.33. The SMILES string of the molecule is CC(=O)OC1=C2C(=NC3=C(C(=O)CC(C)(C)C3)[C@H]2c2ccc([N+](=O)[O-])cc2)c2ccccc21. The molecule has 7 heteroatoms. The molecule has 5 rings (SSSR count). The predicted octanol–water partition coefficient (Wildman–Crippen LogP) is 5.11. The maximum atomic E-state index is 13.4. The third kappa shape index (κ3) is 3.40. The van der Waals surface area contributed by atoms with Crippen molar-refractivity contribution in [3.8, 4) is 0 Å². The molecule has 0 unspecified atom stereocenters. The molecule has 0 saturated carbocycles. The largest absolute Gasteiger partial charge is 0.426 e. The molecule has 2 aromatic carbocycles. The van der Waals surface area contributed by atoms with E-state index in [0.717, 1.165) is 22.4 Å². The summed E-state index contributed by atoms with van der Waals surface area (Å²) < 4.78 is 5.69. The van der Waals surface area contributed by atoms with Gasteiger partial charge in [-0.3, -0.25) is 24.7 Å². The van der Waals surface area contributed by atoms with Crippen LogP contribution in [-0.4, -0.2) is 22.4 Å². The van der Waals surface area contributed by atoms with Crippen molar-refractivity contribution in [3.63, 3.8) is 0 Å². The van der Waals surface area contributed by atoms with Gasteiger partial charge < -0.3 is 4.74 Å². The number of allylic oxidation sites excluding steroid dienone is 3. The van der Waals surface area contributed by atoms with Crippen LogP contribution in [0.4, 0.5) is 5.69 Å². The summed E-state index contributed by atoms with van der Waals surface area (Å²) in [5.41, 5.74) is 4.73. The summed E-state index contributed by atoms with van der Waals surface area (Å²) in [7, 11) is 0. The van der Waals surface area contributed by atoms with Gasteiger partial charge in [-0.1, -0.05) is 50.2 Å². The molecule has 33 heavy (non-hydrogen) atoms. The molecule has 166 valence electrons. The fourth-order valence-corrected chi connectivity index (χ4v) is 5.06. The van der Waals surface area contributed by atoms with Gasteiger partial charge >= 0.3 is 5.97 Å². The molecule has 0 amide bonds. The lowest BCUT2D eigenvalue weighted by Crippen LogP contribution is -2.32. The minimum Gasteiger partial charge on any atom is -0.426 e. The van der Waals surface area contributed by atoms with Crippen LogP contribution in [0.1, 0.15) is 56.2 Å². The molecule has 0 radical (unpaired) electrons. The van der Waals surface area contributed by atoms with Crippen molar-refractivity contribution >= 4 is 28.9 Å². The van der Waals surface area contributed by atoms with Crippen LogP contribution in [-0.2, 0) is 14.3 Å². The van der Waals surface area contributed by atoms with Gasteiger partial charge in [0.2, 0.25) is 0 Å². The number of fused-ring (bicyclic) bond motifs is 3. The second-order valence-electron chi connectivity index (χ2n) is 9.43. The zero-order valence-corrected chi connectivity index (χ0v) is 18.5. The van der Waals surface area contributed by atoms with Crippen LogP contribution in [0.3, 0.4) is 0 Å². The Kier molecular flexibility index (Phi) is 4.67. The van der Waals surface area contributed by atoms with Crippen molar-refractivity contribution in [2.45, 2.75) is 39.5 Å². The lowest BCUT2D eigenvalue weighted by Gasteiger charge is -2.37. The van der Waals surface area contributed by atoms with E-state index in [2.05, 4.69) is 0 Å². The number of hydrogen-bond donors (Lipinski definition) is 0. The van der Waals surface area contributed by atoms with E-state index in [1.807, 2.05) is 38.1 Å². The molecule has 0 N–H and O–H groups in total. The lowest BCUT2D eigenvalue weighted by molar-refractivity contribution is -0.384. The number of ketones is 1. The highest BCUT2D eigenvalue weighted by Crippen LogP contribution is 2.52. The highest BCUT2D eigenvalue weighted by molar-refractivity contribution is 6.26. The highest BCUT2D eigenvalue weighted by atomic mass is 16.6. The van der Waals surface area contributed by atoms with Gasteiger partial charge in [0.1, 0.15) is 5.76 Å². The number of esters is 1.